The Hall–Kier alpha value is 0.0969. The normalized spacial score (nSPS) is 10.0. The minimum Gasteiger partial charge on any atom is -0.376 e. The first-order valence-electron chi connectivity index (χ1n) is 6.11. The van der Waals surface area contributed by atoms with Crippen LogP contribution in [0.25, 0.3) is 0 Å². The molecule has 3 nitrogen and oxygen atoms in total. The Bertz CT molecular complexity index is 85.6. The molecule has 15 heavy (non-hydrogen) atoms. The largest absolute Gasteiger partial charge is 0.484 e. The van der Waals surface area contributed by atoms with Gasteiger partial charge in [0, 0.05) is 19.8 Å². The Labute approximate surface area is 97.1 Å². The van der Waals surface area contributed by atoms with Crippen LogP contribution in [0, 0.1) is 0 Å². The van der Waals surface area contributed by atoms with E-state index in [2.05, 4.69) is 13.8 Å². The SMILES string of the molecule is CCCCC.CCO[SiH](OCC)OCC. The fourth-order valence-electron chi connectivity index (χ4n) is 0.906. The Balaban J connectivity index is 0. The van der Waals surface area contributed by atoms with E-state index >= 15 is 0 Å². The van der Waals surface area contributed by atoms with Gasteiger partial charge in [-0.05, 0) is 20.8 Å². The molecule has 0 amide bonds. The first-order valence-corrected chi connectivity index (χ1v) is 7.52. The van der Waals surface area contributed by atoms with Gasteiger partial charge in [0.1, 0.15) is 0 Å². The molecule has 0 radical (unpaired) electrons. The molecule has 0 aliphatic rings. The summed E-state index contributed by atoms with van der Waals surface area (Å²) in [6.07, 6.45) is 4.08. The number of hydrogen-bond acceptors (Lipinski definition) is 3. The highest BCUT2D eigenvalue weighted by Crippen LogP contribution is 1.91. The van der Waals surface area contributed by atoms with Gasteiger partial charge in [-0.2, -0.15) is 0 Å². The van der Waals surface area contributed by atoms with Gasteiger partial charge in [-0.1, -0.05) is 33.1 Å². The third-order valence-electron chi connectivity index (χ3n) is 1.62. The van der Waals surface area contributed by atoms with E-state index in [0.717, 1.165) is 0 Å². The lowest BCUT2D eigenvalue weighted by Crippen LogP contribution is -2.27. The molecule has 0 aromatic carbocycles. The number of rotatable bonds is 8. The van der Waals surface area contributed by atoms with Gasteiger partial charge in [0.2, 0.25) is 0 Å². The van der Waals surface area contributed by atoms with Crippen molar-refractivity contribution >= 4 is 9.53 Å². The number of hydrogen-bond donors (Lipinski definition) is 0. The van der Waals surface area contributed by atoms with Gasteiger partial charge in [-0.25, -0.2) is 0 Å². The zero-order valence-corrected chi connectivity index (χ0v) is 12.2. The zero-order chi connectivity index (χ0) is 11.9. The molecular weight excluding hydrogens is 208 g/mol. The summed E-state index contributed by atoms with van der Waals surface area (Å²) in [4.78, 5) is 0. The van der Waals surface area contributed by atoms with Crippen LogP contribution < -0.4 is 0 Å². The Kier molecular flexibility index (Phi) is 19.3. The van der Waals surface area contributed by atoms with Crippen LogP contribution in [0.1, 0.15) is 53.9 Å². The van der Waals surface area contributed by atoms with E-state index in [0.29, 0.717) is 19.8 Å². The average molecular weight is 236 g/mol. The Morgan fingerprint density at radius 1 is 0.667 bits per heavy atom. The second-order valence-electron chi connectivity index (χ2n) is 3.01. The first-order chi connectivity index (χ1) is 7.26. The van der Waals surface area contributed by atoms with Crippen molar-refractivity contribution in [1.82, 2.24) is 0 Å². The first kappa shape index (κ1) is 17.5. The molecule has 0 spiro atoms. The highest BCUT2D eigenvalue weighted by atomic mass is 28.3. The van der Waals surface area contributed by atoms with Gasteiger partial charge in [0.05, 0.1) is 0 Å². The molecule has 0 saturated heterocycles. The molecule has 0 heterocycles. The smallest absolute Gasteiger partial charge is 0.376 e. The van der Waals surface area contributed by atoms with Crippen molar-refractivity contribution in [2.75, 3.05) is 19.8 Å². The van der Waals surface area contributed by atoms with Crippen LogP contribution in [0.5, 0.6) is 0 Å². The number of unbranched alkanes of at least 4 members (excludes halogenated alkanes) is 2. The molecule has 0 aromatic rings. The highest BCUT2D eigenvalue weighted by molar-refractivity contribution is 6.36. The fourth-order valence-corrected chi connectivity index (χ4v) is 2.01. The van der Waals surface area contributed by atoms with E-state index < -0.39 is 9.53 Å². The average Bonchev–Trinajstić information content (AvgIpc) is 2.21. The Morgan fingerprint density at radius 2 is 1.00 bits per heavy atom. The lowest BCUT2D eigenvalue weighted by atomic mass is 10.3. The van der Waals surface area contributed by atoms with E-state index in [9.17, 15) is 0 Å². The van der Waals surface area contributed by atoms with Gasteiger partial charge in [-0.15, -0.1) is 0 Å². The summed E-state index contributed by atoms with van der Waals surface area (Å²) in [6, 6.07) is 0. The summed E-state index contributed by atoms with van der Waals surface area (Å²) < 4.78 is 15.7. The van der Waals surface area contributed by atoms with Crippen molar-refractivity contribution < 1.29 is 13.3 Å². The van der Waals surface area contributed by atoms with Gasteiger partial charge < -0.3 is 13.3 Å². The van der Waals surface area contributed by atoms with Gasteiger partial charge in [0.25, 0.3) is 0 Å². The molecule has 0 rings (SSSR count). The fraction of sp³-hybridized carbons (Fsp3) is 1.00. The molecule has 94 valence electrons. The van der Waals surface area contributed by atoms with Crippen molar-refractivity contribution in [2.45, 2.75) is 53.9 Å². The molecule has 0 atom stereocenters. The van der Waals surface area contributed by atoms with Crippen molar-refractivity contribution in [3.05, 3.63) is 0 Å². The van der Waals surface area contributed by atoms with Crippen molar-refractivity contribution in [3.63, 3.8) is 0 Å². The van der Waals surface area contributed by atoms with Crippen molar-refractivity contribution in [3.8, 4) is 0 Å². The molecule has 0 fully saturated rings. The van der Waals surface area contributed by atoms with Gasteiger partial charge >= 0.3 is 9.53 Å². The van der Waals surface area contributed by atoms with E-state index in [4.69, 9.17) is 13.3 Å². The second-order valence-corrected chi connectivity index (χ2v) is 4.59. The van der Waals surface area contributed by atoms with Crippen LogP contribution in [0.4, 0.5) is 0 Å². The minimum atomic E-state index is -1.73. The summed E-state index contributed by atoms with van der Waals surface area (Å²) in [5.74, 6) is 0. The third kappa shape index (κ3) is 16.8. The summed E-state index contributed by atoms with van der Waals surface area (Å²) in [5, 5.41) is 0. The van der Waals surface area contributed by atoms with Gasteiger partial charge in [0.15, 0.2) is 0 Å². The minimum absolute atomic E-state index is 0.677. The van der Waals surface area contributed by atoms with Crippen molar-refractivity contribution in [2.24, 2.45) is 0 Å². The van der Waals surface area contributed by atoms with Crippen LogP contribution >= 0.6 is 0 Å². The van der Waals surface area contributed by atoms with Crippen LogP contribution in [-0.4, -0.2) is 29.3 Å². The van der Waals surface area contributed by atoms with Crippen LogP contribution in [0.15, 0.2) is 0 Å². The lowest BCUT2D eigenvalue weighted by molar-refractivity contribution is 0.107. The molecule has 0 bridgehead atoms. The molecule has 0 unspecified atom stereocenters. The van der Waals surface area contributed by atoms with Gasteiger partial charge in [-0.3, -0.25) is 0 Å². The Morgan fingerprint density at radius 3 is 1.13 bits per heavy atom. The maximum atomic E-state index is 5.22. The maximum Gasteiger partial charge on any atom is 0.484 e. The molecular formula is C11H28O3Si. The quantitative estimate of drug-likeness (QED) is 0.606. The van der Waals surface area contributed by atoms with Crippen LogP contribution in [0.3, 0.4) is 0 Å². The standard InChI is InChI=1S/C6H16O3Si.C5H12/c1-4-7-10(8-5-2)9-6-3;1-3-5-4-2/h10H,4-6H2,1-3H3;3-5H2,1-2H3. The predicted molar refractivity (Wildman–Crippen MR) is 67.2 cm³/mol. The molecule has 0 aromatic heterocycles. The predicted octanol–water partition coefficient (Wildman–Crippen LogP) is 3.01. The molecule has 0 aliphatic carbocycles. The van der Waals surface area contributed by atoms with Crippen LogP contribution in [0.2, 0.25) is 0 Å². The highest BCUT2D eigenvalue weighted by Gasteiger charge is 2.11. The molecule has 0 saturated carbocycles. The van der Waals surface area contributed by atoms with E-state index in [1.54, 1.807) is 0 Å². The maximum absolute atomic E-state index is 5.22. The third-order valence-corrected chi connectivity index (χ3v) is 3.43. The van der Waals surface area contributed by atoms with Crippen LogP contribution in [-0.2, 0) is 13.3 Å². The van der Waals surface area contributed by atoms with E-state index in [1.165, 1.54) is 19.3 Å². The van der Waals surface area contributed by atoms with E-state index in [1.807, 2.05) is 20.8 Å². The summed E-state index contributed by atoms with van der Waals surface area (Å²) in [5.41, 5.74) is 0. The lowest BCUT2D eigenvalue weighted by Gasteiger charge is -2.12. The molecule has 0 aliphatic heterocycles. The van der Waals surface area contributed by atoms with E-state index in [-0.39, 0.29) is 0 Å². The monoisotopic (exact) mass is 236 g/mol. The molecule has 0 N–H and O–H groups in total. The van der Waals surface area contributed by atoms with Crippen molar-refractivity contribution in [1.29, 1.82) is 0 Å². The summed E-state index contributed by atoms with van der Waals surface area (Å²) >= 11 is 0. The topological polar surface area (TPSA) is 27.7 Å². The second kappa shape index (κ2) is 16.5. The zero-order valence-electron chi connectivity index (χ0n) is 11.0. The summed E-state index contributed by atoms with van der Waals surface area (Å²) in [6.45, 7) is 12.3. The molecule has 4 heteroatoms. The summed E-state index contributed by atoms with van der Waals surface area (Å²) in [7, 11) is -1.73.